The number of hydrogen-bond acceptors (Lipinski definition) is 0. The molecule has 0 saturated heterocycles. The molecule has 0 N–H and O–H groups in total. The molecule has 0 heteroatoms. The lowest BCUT2D eigenvalue weighted by molar-refractivity contribution is 0.126. The second kappa shape index (κ2) is 4.24. The van der Waals surface area contributed by atoms with Crippen molar-refractivity contribution in [2.45, 2.75) is 58.3 Å². The van der Waals surface area contributed by atoms with Crippen molar-refractivity contribution in [2.24, 2.45) is 5.41 Å². The third-order valence-corrected chi connectivity index (χ3v) is 4.41. The van der Waals surface area contributed by atoms with Crippen LogP contribution in [0.4, 0.5) is 0 Å². The van der Waals surface area contributed by atoms with Gasteiger partial charge in [-0.15, -0.1) is 0 Å². The van der Waals surface area contributed by atoms with E-state index < -0.39 is 0 Å². The second-order valence-corrected chi connectivity index (χ2v) is 6.18. The molecule has 0 bridgehead atoms. The minimum absolute atomic E-state index is 0.356. The summed E-state index contributed by atoms with van der Waals surface area (Å²) < 4.78 is 0. The minimum Gasteiger partial charge on any atom is -0.0593 e. The van der Waals surface area contributed by atoms with E-state index in [9.17, 15) is 0 Å². The summed E-state index contributed by atoms with van der Waals surface area (Å²) in [6.07, 6.45) is 6.88. The van der Waals surface area contributed by atoms with Gasteiger partial charge in [-0.05, 0) is 29.9 Å². The van der Waals surface area contributed by atoms with Gasteiger partial charge in [0.25, 0.3) is 0 Å². The highest BCUT2D eigenvalue weighted by molar-refractivity contribution is 5.28. The van der Waals surface area contributed by atoms with E-state index in [0.717, 1.165) is 0 Å². The van der Waals surface area contributed by atoms with Crippen LogP contribution in [-0.4, -0.2) is 0 Å². The Balaban J connectivity index is 2.42. The predicted molar refractivity (Wildman–Crippen MR) is 69.5 cm³/mol. The zero-order chi connectivity index (χ0) is 11.6. The summed E-state index contributed by atoms with van der Waals surface area (Å²) >= 11 is 0. The second-order valence-electron chi connectivity index (χ2n) is 6.18. The molecule has 0 aromatic heterocycles. The highest BCUT2D eigenvalue weighted by Gasteiger charge is 2.43. The largest absolute Gasteiger partial charge is 0.0593 e. The van der Waals surface area contributed by atoms with Crippen LogP contribution >= 0.6 is 0 Å². The summed E-state index contributed by atoms with van der Waals surface area (Å²) in [5.41, 5.74) is 2.27. The Hall–Kier alpha value is -0.780. The Labute approximate surface area is 100 Å². The lowest BCUT2D eigenvalue weighted by atomic mass is 9.56. The molecule has 1 aromatic carbocycles. The van der Waals surface area contributed by atoms with E-state index in [2.05, 4.69) is 51.1 Å². The number of benzene rings is 1. The van der Waals surface area contributed by atoms with Crippen molar-refractivity contribution in [1.29, 1.82) is 0 Å². The third kappa shape index (κ3) is 1.90. The number of rotatable bonds is 1. The highest BCUT2D eigenvalue weighted by Crippen LogP contribution is 2.51. The van der Waals surface area contributed by atoms with E-state index in [-0.39, 0.29) is 0 Å². The van der Waals surface area contributed by atoms with Crippen molar-refractivity contribution >= 4 is 0 Å². The van der Waals surface area contributed by atoms with Gasteiger partial charge in [-0.1, -0.05) is 64.3 Å². The molecule has 2 rings (SSSR count). The minimum atomic E-state index is 0.356. The van der Waals surface area contributed by atoms with Gasteiger partial charge in [0.1, 0.15) is 0 Å². The summed E-state index contributed by atoms with van der Waals surface area (Å²) in [6, 6.07) is 11.8. The first-order chi connectivity index (χ1) is 7.56. The van der Waals surface area contributed by atoms with Crippen molar-refractivity contribution in [2.75, 3.05) is 0 Å². The van der Waals surface area contributed by atoms with Crippen LogP contribution in [0.1, 0.15) is 58.4 Å². The molecule has 1 aromatic rings. The van der Waals surface area contributed by atoms with Crippen LogP contribution in [0.25, 0.3) is 0 Å². The molecule has 1 radical (unpaired) electrons. The van der Waals surface area contributed by atoms with Gasteiger partial charge in [0, 0.05) is 5.41 Å². The van der Waals surface area contributed by atoms with Crippen LogP contribution in [0.5, 0.6) is 0 Å². The molecule has 0 nitrogen and oxygen atoms in total. The van der Waals surface area contributed by atoms with E-state index >= 15 is 0 Å². The maximum Gasteiger partial charge on any atom is 0.000149 e. The van der Waals surface area contributed by atoms with Gasteiger partial charge in [0.05, 0.1) is 0 Å². The zero-order valence-corrected chi connectivity index (χ0v) is 10.8. The molecule has 0 spiro atoms. The number of hydrogen-bond donors (Lipinski definition) is 0. The van der Waals surface area contributed by atoms with Crippen molar-refractivity contribution < 1.29 is 0 Å². The fourth-order valence-corrected chi connectivity index (χ4v) is 3.33. The SMILES string of the molecule is CC(C)(C)C1(c2cc[c]cc2)CCCCC1. The average Bonchev–Trinajstić information content (AvgIpc) is 2.30. The third-order valence-electron chi connectivity index (χ3n) is 4.41. The molecule has 0 atom stereocenters. The maximum atomic E-state index is 3.14. The quantitative estimate of drug-likeness (QED) is 0.635. The summed E-state index contributed by atoms with van der Waals surface area (Å²) in [6.45, 7) is 7.19. The molecule has 16 heavy (non-hydrogen) atoms. The molecule has 1 saturated carbocycles. The summed E-state index contributed by atoms with van der Waals surface area (Å²) in [5.74, 6) is 0. The lowest BCUT2D eigenvalue weighted by Crippen LogP contribution is -2.41. The van der Waals surface area contributed by atoms with Crippen molar-refractivity contribution in [3.05, 3.63) is 35.9 Å². The topological polar surface area (TPSA) is 0 Å². The van der Waals surface area contributed by atoms with Gasteiger partial charge in [-0.3, -0.25) is 0 Å². The standard InChI is InChI=1S/C16H23/c1-15(2,3)16(12-8-5-9-13-16)14-10-6-4-7-11-14/h6-7,10-11H,5,8-9,12-13H2,1-3H3. The molecule has 1 fully saturated rings. The molecule has 1 aliphatic carbocycles. The van der Waals surface area contributed by atoms with Crippen LogP contribution in [-0.2, 0) is 5.41 Å². The monoisotopic (exact) mass is 215 g/mol. The summed E-state index contributed by atoms with van der Waals surface area (Å²) in [4.78, 5) is 0. The zero-order valence-electron chi connectivity index (χ0n) is 10.8. The van der Waals surface area contributed by atoms with Crippen LogP contribution in [0.3, 0.4) is 0 Å². The Kier molecular flexibility index (Phi) is 3.10. The van der Waals surface area contributed by atoms with Crippen LogP contribution in [0, 0.1) is 11.5 Å². The van der Waals surface area contributed by atoms with Crippen LogP contribution in [0.15, 0.2) is 24.3 Å². The summed E-state index contributed by atoms with van der Waals surface area (Å²) in [7, 11) is 0. The highest BCUT2D eigenvalue weighted by atomic mass is 14.5. The van der Waals surface area contributed by atoms with Crippen LogP contribution in [0.2, 0.25) is 0 Å². The van der Waals surface area contributed by atoms with Crippen molar-refractivity contribution in [3.63, 3.8) is 0 Å². The van der Waals surface area contributed by atoms with E-state index in [4.69, 9.17) is 0 Å². The van der Waals surface area contributed by atoms with Gasteiger partial charge < -0.3 is 0 Å². The average molecular weight is 215 g/mol. The molecular weight excluding hydrogens is 192 g/mol. The van der Waals surface area contributed by atoms with Gasteiger partial charge in [0.15, 0.2) is 0 Å². The Morgan fingerprint density at radius 1 is 1.00 bits per heavy atom. The normalized spacial score (nSPS) is 20.7. The summed E-state index contributed by atoms with van der Waals surface area (Å²) in [5, 5.41) is 0. The van der Waals surface area contributed by atoms with Gasteiger partial charge in [-0.25, -0.2) is 0 Å². The maximum absolute atomic E-state index is 3.14. The molecule has 0 unspecified atom stereocenters. The fraction of sp³-hybridized carbons (Fsp3) is 0.625. The molecule has 0 amide bonds. The van der Waals surface area contributed by atoms with Crippen LogP contribution < -0.4 is 0 Å². The van der Waals surface area contributed by atoms with Crippen molar-refractivity contribution in [3.8, 4) is 0 Å². The Morgan fingerprint density at radius 2 is 1.56 bits per heavy atom. The molecular formula is C16H23. The smallest absolute Gasteiger partial charge is 0.000149 e. The first kappa shape index (κ1) is 11.7. The molecule has 0 heterocycles. The Bertz CT molecular complexity index is 323. The van der Waals surface area contributed by atoms with E-state index in [1.165, 1.54) is 37.7 Å². The first-order valence-electron chi connectivity index (χ1n) is 6.53. The lowest BCUT2D eigenvalue weighted by Gasteiger charge is -2.48. The molecule has 87 valence electrons. The van der Waals surface area contributed by atoms with Crippen molar-refractivity contribution in [1.82, 2.24) is 0 Å². The molecule has 0 aliphatic heterocycles. The van der Waals surface area contributed by atoms with E-state index in [1.807, 2.05) is 0 Å². The predicted octanol–water partition coefficient (Wildman–Crippen LogP) is 4.73. The fourth-order valence-electron chi connectivity index (χ4n) is 3.33. The molecule has 1 aliphatic rings. The van der Waals surface area contributed by atoms with Gasteiger partial charge in [0.2, 0.25) is 0 Å². The van der Waals surface area contributed by atoms with Gasteiger partial charge in [-0.2, -0.15) is 0 Å². The first-order valence-corrected chi connectivity index (χ1v) is 6.53. The Morgan fingerprint density at radius 3 is 2.06 bits per heavy atom. The van der Waals surface area contributed by atoms with Gasteiger partial charge >= 0.3 is 0 Å². The van der Waals surface area contributed by atoms with E-state index in [0.29, 0.717) is 10.8 Å². The van der Waals surface area contributed by atoms with E-state index in [1.54, 1.807) is 0 Å².